The number of carbonyl (C=O) groups is 1. The van der Waals surface area contributed by atoms with Gasteiger partial charge in [0.05, 0.1) is 16.7 Å². The normalized spacial score (nSPS) is 11.3. The Hall–Kier alpha value is -3.91. The number of para-hydroxylation sites is 1. The molecule has 0 aliphatic rings. The van der Waals surface area contributed by atoms with E-state index in [2.05, 4.69) is 21.6 Å². The van der Waals surface area contributed by atoms with Gasteiger partial charge in [-0.05, 0) is 61.2 Å². The summed E-state index contributed by atoms with van der Waals surface area (Å²) in [6.07, 6.45) is 0.697. The van der Waals surface area contributed by atoms with Gasteiger partial charge in [0.25, 0.3) is 5.56 Å². The average molecular weight is 484 g/mol. The minimum absolute atomic E-state index is 0.0967. The van der Waals surface area contributed by atoms with Crippen molar-refractivity contribution in [2.45, 2.75) is 32.0 Å². The van der Waals surface area contributed by atoms with Crippen LogP contribution in [0.3, 0.4) is 0 Å². The topological polar surface area (TPSA) is 81.3 Å². The number of aromatic nitrogens is 4. The molecule has 0 spiro atoms. The van der Waals surface area contributed by atoms with E-state index >= 15 is 0 Å². The zero-order valence-electron chi connectivity index (χ0n) is 19.6. The summed E-state index contributed by atoms with van der Waals surface area (Å²) in [6, 6.07) is 23.4. The molecular formula is C27H25N5O2S. The molecule has 35 heavy (non-hydrogen) atoms. The standard InChI is InChI=1S/C27H25N5O2S/c1-18-14-19(2)16-21(15-18)28-24(33)17-35-27-30-29-26-31(13-12-20-8-4-3-5-9-20)25(34)22-10-6-7-11-23(22)32(26)27/h3-11,14-16H,12-13,17H2,1-2H3,(H,28,33). The van der Waals surface area contributed by atoms with E-state index in [0.29, 0.717) is 29.3 Å². The van der Waals surface area contributed by atoms with Gasteiger partial charge in [-0.1, -0.05) is 60.3 Å². The van der Waals surface area contributed by atoms with Crippen molar-refractivity contribution < 1.29 is 4.79 Å². The second-order valence-electron chi connectivity index (χ2n) is 8.54. The van der Waals surface area contributed by atoms with E-state index in [1.807, 2.05) is 85.0 Å². The summed E-state index contributed by atoms with van der Waals surface area (Å²) in [4.78, 5) is 26.0. The van der Waals surface area contributed by atoms with Crippen LogP contribution in [0.4, 0.5) is 5.69 Å². The Labute approximate surface area is 206 Å². The second-order valence-corrected chi connectivity index (χ2v) is 9.48. The minimum atomic E-state index is -0.126. The molecular weight excluding hydrogens is 458 g/mol. The summed E-state index contributed by atoms with van der Waals surface area (Å²) < 4.78 is 3.54. The third-order valence-electron chi connectivity index (χ3n) is 5.78. The number of benzene rings is 3. The molecule has 1 amide bonds. The fourth-order valence-corrected chi connectivity index (χ4v) is 5.03. The van der Waals surface area contributed by atoms with E-state index in [1.165, 1.54) is 11.8 Å². The van der Waals surface area contributed by atoms with E-state index < -0.39 is 0 Å². The maximum atomic E-state index is 13.3. The smallest absolute Gasteiger partial charge is 0.262 e. The van der Waals surface area contributed by atoms with Crippen LogP contribution in [-0.4, -0.2) is 30.8 Å². The van der Waals surface area contributed by atoms with Crippen LogP contribution in [0.15, 0.2) is 82.7 Å². The van der Waals surface area contributed by atoms with Crippen LogP contribution in [0.5, 0.6) is 0 Å². The van der Waals surface area contributed by atoms with Crippen molar-refractivity contribution >= 4 is 40.0 Å². The lowest BCUT2D eigenvalue weighted by atomic mass is 10.1. The Kier molecular flexibility index (Phi) is 6.37. The predicted molar refractivity (Wildman–Crippen MR) is 140 cm³/mol. The van der Waals surface area contributed by atoms with E-state index in [1.54, 1.807) is 4.57 Å². The first kappa shape index (κ1) is 22.9. The number of carbonyl (C=O) groups excluding carboxylic acids is 1. The maximum Gasteiger partial charge on any atom is 0.262 e. The molecule has 0 aliphatic carbocycles. The molecule has 0 saturated heterocycles. The fourth-order valence-electron chi connectivity index (χ4n) is 4.29. The number of hydrogen-bond acceptors (Lipinski definition) is 5. The van der Waals surface area contributed by atoms with E-state index in [-0.39, 0.29) is 17.2 Å². The first-order valence-corrected chi connectivity index (χ1v) is 12.4. The maximum absolute atomic E-state index is 13.3. The van der Waals surface area contributed by atoms with Crippen molar-refractivity contribution in [3.05, 3.63) is 99.8 Å². The zero-order valence-corrected chi connectivity index (χ0v) is 20.4. The molecule has 0 unspecified atom stereocenters. The fraction of sp³-hybridized carbons (Fsp3) is 0.185. The highest BCUT2D eigenvalue weighted by atomic mass is 32.2. The van der Waals surface area contributed by atoms with Gasteiger partial charge in [0.1, 0.15) is 0 Å². The van der Waals surface area contributed by atoms with Gasteiger partial charge in [-0.25, -0.2) is 0 Å². The van der Waals surface area contributed by atoms with Crippen LogP contribution < -0.4 is 10.9 Å². The molecule has 8 heteroatoms. The zero-order chi connectivity index (χ0) is 24.4. The van der Waals surface area contributed by atoms with Crippen molar-refractivity contribution in [2.24, 2.45) is 0 Å². The molecule has 3 aromatic carbocycles. The largest absolute Gasteiger partial charge is 0.325 e. The molecule has 176 valence electrons. The predicted octanol–water partition coefficient (Wildman–Crippen LogP) is 4.63. The third kappa shape index (κ3) is 4.83. The van der Waals surface area contributed by atoms with Gasteiger partial charge in [-0.2, -0.15) is 0 Å². The van der Waals surface area contributed by atoms with Crippen LogP contribution in [-0.2, 0) is 17.8 Å². The SMILES string of the molecule is Cc1cc(C)cc(NC(=O)CSc2nnc3n(CCc4ccccc4)c(=O)c4ccccc4n23)c1. The lowest BCUT2D eigenvalue weighted by Gasteiger charge is -2.11. The number of fused-ring (bicyclic) bond motifs is 3. The third-order valence-corrected chi connectivity index (χ3v) is 6.71. The quantitative estimate of drug-likeness (QED) is 0.341. The van der Waals surface area contributed by atoms with Crippen LogP contribution in [0.25, 0.3) is 16.7 Å². The summed E-state index contributed by atoms with van der Waals surface area (Å²) in [5.41, 5.74) is 4.74. The Balaban J connectivity index is 1.45. The van der Waals surface area contributed by atoms with Crippen molar-refractivity contribution in [2.75, 3.05) is 11.1 Å². The van der Waals surface area contributed by atoms with Crippen molar-refractivity contribution in [1.29, 1.82) is 0 Å². The summed E-state index contributed by atoms with van der Waals surface area (Å²) in [5, 5.41) is 12.8. The Morgan fingerprint density at radius 3 is 2.43 bits per heavy atom. The number of rotatable bonds is 7. The molecule has 2 heterocycles. The van der Waals surface area contributed by atoms with Crippen LogP contribution in [0.2, 0.25) is 0 Å². The lowest BCUT2D eigenvalue weighted by Crippen LogP contribution is -2.24. The van der Waals surface area contributed by atoms with Crippen molar-refractivity contribution in [1.82, 2.24) is 19.2 Å². The molecule has 1 N–H and O–H groups in total. The van der Waals surface area contributed by atoms with Gasteiger partial charge < -0.3 is 5.32 Å². The van der Waals surface area contributed by atoms with Crippen molar-refractivity contribution in [3.8, 4) is 0 Å². The Bertz CT molecular complexity index is 1570. The number of hydrogen-bond donors (Lipinski definition) is 1. The van der Waals surface area contributed by atoms with Gasteiger partial charge in [0.15, 0.2) is 5.16 Å². The van der Waals surface area contributed by atoms with Crippen molar-refractivity contribution in [3.63, 3.8) is 0 Å². The van der Waals surface area contributed by atoms with Gasteiger partial charge in [0, 0.05) is 12.2 Å². The van der Waals surface area contributed by atoms with Gasteiger partial charge in [-0.15, -0.1) is 10.2 Å². The van der Waals surface area contributed by atoms with E-state index in [0.717, 1.165) is 27.9 Å². The Morgan fingerprint density at radius 1 is 0.943 bits per heavy atom. The number of amides is 1. The summed E-state index contributed by atoms with van der Waals surface area (Å²) in [6.45, 7) is 4.48. The highest BCUT2D eigenvalue weighted by Crippen LogP contribution is 2.22. The van der Waals surface area contributed by atoms with Crippen LogP contribution in [0.1, 0.15) is 16.7 Å². The monoisotopic (exact) mass is 483 g/mol. The molecule has 0 aliphatic heterocycles. The lowest BCUT2D eigenvalue weighted by molar-refractivity contribution is -0.113. The molecule has 2 aromatic heterocycles. The number of nitrogens with zero attached hydrogens (tertiary/aromatic N) is 4. The molecule has 0 saturated carbocycles. The first-order valence-electron chi connectivity index (χ1n) is 11.4. The molecule has 5 rings (SSSR count). The molecule has 0 atom stereocenters. The number of aryl methyl sites for hydroxylation is 4. The summed E-state index contributed by atoms with van der Waals surface area (Å²) >= 11 is 1.30. The van der Waals surface area contributed by atoms with Gasteiger partial charge >= 0.3 is 0 Å². The highest BCUT2D eigenvalue weighted by molar-refractivity contribution is 7.99. The molecule has 0 radical (unpaired) electrons. The second kappa shape index (κ2) is 9.76. The van der Waals surface area contributed by atoms with Gasteiger partial charge in [0.2, 0.25) is 11.7 Å². The average Bonchev–Trinajstić information content (AvgIpc) is 3.27. The van der Waals surface area contributed by atoms with E-state index in [4.69, 9.17) is 0 Å². The van der Waals surface area contributed by atoms with Crippen LogP contribution in [0, 0.1) is 13.8 Å². The highest BCUT2D eigenvalue weighted by Gasteiger charge is 2.17. The number of anilines is 1. The molecule has 7 nitrogen and oxygen atoms in total. The number of nitrogens with one attached hydrogen (secondary N) is 1. The Morgan fingerprint density at radius 2 is 1.66 bits per heavy atom. The molecule has 0 bridgehead atoms. The molecule has 0 fully saturated rings. The number of thioether (sulfide) groups is 1. The first-order chi connectivity index (χ1) is 17.0. The summed E-state index contributed by atoms with van der Waals surface area (Å²) in [7, 11) is 0. The van der Waals surface area contributed by atoms with Crippen LogP contribution >= 0.6 is 11.8 Å². The van der Waals surface area contributed by atoms with E-state index in [9.17, 15) is 9.59 Å². The van der Waals surface area contributed by atoms with Gasteiger partial charge in [-0.3, -0.25) is 18.6 Å². The minimum Gasteiger partial charge on any atom is -0.325 e. The summed E-state index contributed by atoms with van der Waals surface area (Å²) in [5.74, 6) is 0.519. The molecule has 5 aromatic rings.